The van der Waals surface area contributed by atoms with Crippen LogP contribution in [0.5, 0.6) is 0 Å². The van der Waals surface area contributed by atoms with Crippen molar-refractivity contribution in [2.45, 2.75) is 12.6 Å². The Balaban J connectivity index is 2.83. The fourth-order valence-corrected chi connectivity index (χ4v) is 2.16. The van der Waals surface area contributed by atoms with Crippen LogP contribution < -0.4 is 15.8 Å². The Morgan fingerprint density at radius 2 is 2.00 bits per heavy atom. The van der Waals surface area contributed by atoms with Crippen LogP contribution in [0.3, 0.4) is 0 Å². The van der Waals surface area contributed by atoms with E-state index < -0.39 is 24.0 Å². The van der Waals surface area contributed by atoms with Gasteiger partial charge in [0.05, 0.1) is 6.61 Å². The van der Waals surface area contributed by atoms with Gasteiger partial charge in [-0.1, -0.05) is 0 Å². The number of aliphatic hydroxyl groups is 2. The van der Waals surface area contributed by atoms with Crippen LogP contribution in [0.15, 0.2) is 9.59 Å². The van der Waals surface area contributed by atoms with E-state index in [0.29, 0.717) is 0 Å². The lowest BCUT2D eigenvalue weighted by Gasteiger charge is -2.05. The molecule has 2 heterocycles. The average Bonchev–Trinajstić information content (AvgIpc) is 2.71. The molecule has 0 aliphatic rings. The molecule has 9 heteroatoms. The third-order valence-corrected chi connectivity index (χ3v) is 3.27. The number of halogens is 1. The van der Waals surface area contributed by atoms with Gasteiger partial charge in [0.1, 0.15) is 12.6 Å². The van der Waals surface area contributed by atoms with Gasteiger partial charge in [0.2, 0.25) is 0 Å². The number of rotatable bonds is 3. The highest BCUT2D eigenvalue weighted by molar-refractivity contribution is 6.27. The molecule has 0 aliphatic carbocycles. The summed E-state index contributed by atoms with van der Waals surface area (Å²) in [5, 5.41) is 18.4. The summed E-state index contributed by atoms with van der Waals surface area (Å²) in [5.41, 5.74) is -0.568. The van der Waals surface area contributed by atoms with E-state index in [1.807, 2.05) is 0 Å². The van der Waals surface area contributed by atoms with Crippen LogP contribution in [0.2, 0.25) is 5.28 Å². The summed E-state index contributed by atoms with van der Waals surface area (Å²) < 4.78 is 3.54. The van der Waals surface area contributed by atoms with E-state index in [1.165, 1.54) is 23.2 Å². The second kappa shape index (κ2) is 4.80. The van der Waals surface area contributed by atoms with Crippen molar-refractivity contribution in [1.82, 2.24) is 14.1 Å². The Bertz CT molecular complexity index is 745. The Morgan fingerprint density at radius 3 is 2.58 bits per heavy atom. The molecule has 104 valence electrons. The molecule has 2 aromatic rings. The summed E-state index contributed by atoms with van der Waals surface area (Å²) in [4.78, 5) is 26.6. The van der Waals surface area contributed by atoms with Gasteiger partial charge in [-0.25, -0.2) is 14.3 Å². The molecule has 0 aliphatic heterocycles. The smallest absolute Gasteiger partial charge is 0.354 e. The Morgan fingerprint density at radius 1 is 1.37 bits per heavy atom. The van der Waals surface area contributed by atoms with Gasteiger partial charge >= 0.3 is 16.5 Å². The minimum Gasteiger partial charge on any atom is -0.394 e. The molecular weight excluding hydrogens is 276 g/mol. The number of fused-ring (bicyclic) bond motifs is 1. The van der Waals surface area contributed by atoms with Crippen LogP contribution in [0.25, 0.3) is 11.2 Å². The van der Waals surface area contributed by atoms with Gasteiger partial charge in [-0.2, -0.15) is 0 Å². The van der Waals surface area contributed by atoms with E-state index in [9.17, 15) is 14.7 Å². The van der Waals surface area contributed by atoms with Gasteiger partial charge in [0, 0.05) is 25.7 Å². The summed E-state index contributed by atoms with van der Waals surface area (Å²) in [7, 11) is 2.86. The van der Waals surface area contributed by atoms with Gasteiger partial charge in [-0.15, -0.1) is 0 Å². The number of nitrogens with one attached hydrogen (secondary N) is 1. The number of aliphatic hydroxyl groups excluding tert-OH is 2. The van der Waals surface area contributed by atoms with Crippen molar-refractivity contribution in [3.63, 3.8) is 0 Å². The molecule has 0 bridgehead atoms. The first-order chi connectivity index (χ1) is 8.88. The van der Waals surface area contributed by atoms with Crippen LogP contribution in [0, 0.1) is 0 Å². The molecule has 0 saturated carbocycles. The van der Waals surface area contributed by atoms with E-state index in [0.717, 1.165) is 4.57 Å². The second-order valence-corrected chi connectivity index (χ2v) is 4.62. The quantitative estimate of drug-likeness (QED) is 0.443. The molecule has 0 fully saturated rings. The molecule has 1 atom stereocenters. The molecule has 1 unspecified atom stereocenters. The summed E-state index contributed by atoms with van der Waals surface area (Å²) >= 11 is 5.97. The normalized spacial score (nSPS) is 13.1. The average molecular weight is 290 g/mol. The van der Waals surface area contributed by atoms with Crippen LogP contribution in [0.4, 0.5) is 0 Å². The zero-order valence-corrected chi connectivity index (χ0v) is 11.2. The SMILES string of the molecule is Cn1c(=O)c2c([nH]c(Cl)[n+]2CC(O)CO)n(C)c1=O. The fourth-order valence-electron chi connectivity index (χ4n) is 1.92. The van der Waals surface area contributed by atoms with E-state index >= 15 is 0 Å². The standard InChI is InChI=1S/C10H13ClN4O4/c1-13-7-6(8(18)14(2)10(13)19)15(9(11)12-7)3-5(17)4-16/h5,16-17H,3-4H2,1-2H3/p+1. The molecule has 0 aromatic carbocycles. The number of nitrogens with zero attached hydrogens (tertiary/aromatic N) is 3. The highest BCUT2D eigenvalue weighted by Crippen LogP contribution is 2.07. The lowest BCUT2D eigenvalue weighted by atomic mass is 10.3. The number of hydrogen-bond donors (Lipinski definition) is 3. The first kappa shape index (κ1) is 13.8. The van der Waals surface area contributed by atoms with Gasteiger partial charge in [0.25, 0.3) is 11.2 Å². The second-order valence-electron chi connectivity index (χ2n) is 4.27. The van der Waals surface area contributed by atoms with Crippen molar-refractivity contribution < 1.29 is 14.8 Å². The number of aromatic amines is 1. The zero-order chi connectivity index (χ0) is 14.3. The molecule has 0 radical (unpaired) electrons. The summed E-state index contributed by atoms with van der Waals surface area (Å²) in [6, 6.07) is 0. The third-order valence-electron chi connectivity index (χ3n) is 2.97. The molecule has 0 saturated heterocycles. The van der Waals surface area contributed by atoms with Gasteiger partial charge in [-0.3, -0.25) is 13.9 Å². The minimum absolute atomic E-state index is 0.0528. The van der Waals surface area contributed by atoms with E-state index in [4.69, 9.17) is 16.7 Å². The largest absolute Gasteiger partial charge is 0.394 e. The van der Waals surface area contributed by atoms with Crippen LogP contribution >= 0.6 is 11.6 Å². The maximum atomic E-state index is 12.1. The molecule has 0 amide bonds. The molecule has 19 heavy (non-hydrogen) atoms. The highest BCUT2D eigenvalue weighted by atomic mass is 35.5. The van der Waals surface area contributed by atoms with Crippen LogP contribution in [0.1, 0.15) is 0 Å². The number of hydrogen-bond acceptors (Lipinski definition) is 4. The first-order valence-electron chi connectivity index (χ1n) is 5.54. The number of imidazole rings is 1. The Hall–Kier alpha value is -1.64. The van der Waals surface area contributed by atoms with Crippen LogP contribution in [-0.4, -0.2) is 37.0 Å². The first-order valence-corrected chi connectivity index (χ1v) is 5.92. The zero-order valence-electron chi connectivity index (χ0n) is 10.4. The maximum Gasteiger partial charge on any atom is 0.354 e. The Labute approximate surface area is 112 Å². The topological polar surface area (TPSA) is 104 Å². The monoisotopic (exact) mass is 289 g/mol. The van der Waals surface area contributed by atoms with Crippen LogP contribution in [-0.2, 0) is 20.6 Å². The van der Waals surface area contributed by atoms with Gasteiger partial charge in [-0.05, 0) is 0 Å². The predicted molar refractivity (Wildman–Crippen MR) is 67.1 cm³/mol. The maximum absolute atomic E-state index is 12.1. The predicted octanol–water partition coefficient (Wildman–Crippen LogP) is -2.14. The number of H-pyrrole nitrogens is 1. The Kier molecular flexibility index (Phi) is 3.48. The fraction of sp³-hybridized carbons (Fsp3) is 0.500. The summed E-state index contributed by atoms with van der Waals surface area (Å²) in [5.74, 6) is 0. The lowest BCUT2D eigenvalue weighted by molar-refractivity contribution is -0.677. The van der Waals surface area contributed by atoms with Crippen molar-refractivity contribution in [2.24, 2.45) is 14.1 Å². The number of aromatic nitrogens is 4. The molecule has 0 spiro atoms. The molecule has 2 rings (SSSR count). The summed E-state index contributed by atoms with van der Waals surface area (Å²) in [6.07, 6.45) is -1.05. The van der Waals surface area contributed by atoms with E-state index in [-0.39, 0.29) is 23.0 Å². The third kappa shape index (κ3) is 2.07. The van der Waals surface area contributed by atoms with Crippen molar-refractivity contribution in [2.75, 3.05) is 6.61 Å². The van der Waals surface area contributed by atoms with Crippen molar-refractivity contribution >= 4 is 22.8 Å². The highest BCUT2D eigenvalue weighted by Gasteiger charge is 2.26. The van der Waals surface area contributed by atoms with E-state index in [1.54, 1.807) is 0 Å². The molecular formula is C10H14ClN4O4+. The van der Waals surface area contributed by atoms with Crippen molar-refractivity contribution in [1.29, 1.82) is 0 Å². The minimum atomic E-state index is -1.05. The molecule has 8 nitrogen and oxygen atoms in total. The van der Waals surface area contributed by atoms with Crippen molar-refractivity contribution in [3.8, 4) is 0 Å². The lowest BCUT2D eigenvalue weighted by Crippen LogP contribution is -2.47. The molecule has 2 aromatic heterocycles. The van der Waals surface area contributed by atoms with Crippen molar-refractivity contribution in [3.05, 3.63) is 26.1 Å². The van der Waals surface area contributed by atoms with E-state index in [2.05, 4.69) is 4.98 Å². The molecule has 3 N–H and O–H groups in total. The van der Waals surface area contributed by atoms with Gasteiger partial charge < -0.3 is 10.2 Å². The number of aryl methyl sites for hydroxylation is 1. The van der Waals surface area contributed by atoms with Gasteiger partial charge in [0.15, 0.2) is 0 Å². The summed E-state index contributed by atoms with van der Waals surface area (Å²) in [6.45, 7) is -0.509.